The SMILES string of the molecule is CC1(C)C(N)C2CCCN(Cc3ccc4c(c3)C(=O)N(C3CCC(=O)NC3=O)C4=O)C21. The van der Waals surface area contributed by atoms with E-state index in [-0.39, 0.29) is 30.2 Å². The van der Waals surface area contributed by atoms with Crippen molar-refractivity contribution in [2.75, 3.05) is 6.54 Å². The van der Waals surface area contributed by atoms with Crippen molar-refractivity contribution < 1.29 is 19.2 Å². The molecule has 4 amide bonds. The quantitative estimate of drug-likeness (QED) is 0.701. The van der Waals surface area contributed by atoms with Crippen molar-refractivity contribution in [1.82, 2.24) is 15.1 Å². The zero-order valence-corrected chi connectivity index (χ0v) is 17.9. The monoisotopic (exact) mass is 424 g/mol. The van der Waals surface area contributed by atoms with Gasteiger partial charge in [0.15, 0.2) is 0 Å². The van der Waals surface area contributed by atoms with Crippen LogP contribution in [0.15, 0.2) is 18.2 Å². The fourth-order valence-electron chi connectivity index (χ4n) is 6.15. The molecule has 164 valence electrons. The summed E-state index contributed by atoms with van der Waals surface area (Å²) in [5, 5.41) is 2.23. The van der Waals surface area contributed by atoms with E-state index in [0.717, 1.165) is 29.8 Å². The van der Waals surface area contributed by atoms with Crippen LogP contribution in [-0.4, -0.2) is 58.1 Å². The van der Waals surface area contributed by atoms with Crippen LogP contribution in [0.5, 0.6) is 0 Å². The summed E-state index contributed by atoms with van der Waals surface area (Å²) in [4.78, 5) is 53.1. The van der Waals surface area contributed by atoms with Gasteiger partial charge in [0.2, 0.25) is 11.8 Å². The van der Waals surface area contributed by atoms with Gasteiger partial charge < -0.3 is 5.73 Å². The molecule has 4 atom stereocenters. The summed E-state index contributed by atoms with van der Waals surface area (Å²) >= 11 is 0. The molecule has 31 heavy (non-hydrogen) atoms. The van der Waals surface area contributed by atoms with Crippen LogP contribution in [0.3, 0.4) is 0 Å². The minimum atomic E-state index is -0.936. The normalized spacial score (nSPS) is 32.4. The molecule has 3 aliphatic heterocycles. The van der Waals surface area contributed by atoms with E-state index in [1.54, 1.807) is 12.1 Å². The fraction of sp³-hybridized carbons (Fsp3) is 0.565. The maximum atomic E-state index is 13.1. The molecule has 4 unspecified atom stereocenters. The molecular weight excluding hydrogens is 396 g/mol. The number of imide groups is 2. The van der Waals surface area contributed by atoms with Gasteiger partial charge in [-0.05, 0) is 54.8 Å². The highest BCUT2D eigenvalue weighted by Gasteiger charge is 2.57. The molecule has 3 fully saturated rings. The second-order valence-electron chi connectivity index (χ2n) is 9.90. The Morgan fingerprint density at radius 1 is 1.10 bits per heavy atom. The van der Waals surface area contributed by atoms with E-state index < -0.39 is 23.8 Å². The topological polar surface area (TPSA) is 113 Å². The van der Waals surface area contributed by atoms with Crippen molar-refractivity contribution in [3.63, 3.8) is 0 Å². The molecule has 0 spiro atoms. The van der Waals surface area contributed by atoms with Gasteiger partial charge in [-0.3, -0.25) is 34.3 Å². The number of nitrogens with two attached hydrogens (primary N) is 1. The lowest BCUT2D eigenvalue weighted by Crippen LogP contribution is -2.72. The molecule has 1 aromatic carbocycles. The zero-order valence-electron chi connectivity index (χ0n) is 17.9. The summed E-state index contributed by atoms with van der Waals surface area (Å²) in [6, 6.07) is 5.07. The van der Waals surface area contributed by atoms with E-state index in [2.05, 4.69) is 24.1 Å². The molecule has 0 bridgehead atoms. The van der Waals surface area contributed by atoms with Gasteiger partial charge in [0.1, 0.15) is 6.04 Å². The Balaban J connectivity index is 1.37. The van der Waals surface area contributed by atoms with E-state index >= 15 is 0 Å². The minimum Gasteiger partial charge on any atom is -0.327 e. The summed E-state index contributed by atoms with van der Waals surface area (Å²) in [5.41, 5.74) is 8.10. The van der Waals surface area contributed by atoms with Gasteiger partial charge in [0, 0.05) is 25.0 Å². The van der Waals surface area contributed by atoms with Crippen molar-refractivity contribution in [3.8, 4) is 0 Å². The van der Waals surface area contributed by atoms with Crippen LogP contribution >= 0.6 is 0 Å². The molecule has 8 heteroatoms. The van der Waals surface area contributed by atoms with Gasteiger partial charge >= 0.3 is 0 Å². The summed E-state index contributed by atoms with van der Waals surface area (Å²) in [7, 11) is 0. The van der Waals surface area contributed by atoms with Gasteiger partial charge in [-0.15, -0.1) is 0 Å². The first kappa shape index (κ1) is 20.3. The molecule has 0 radical (unpaired) electrons. The van der Waals surface area contributed by atoms with E-state index in [1.807, 2.05) is 6.07 Å². The number of fused-ring (bicyclic) bond motifs is 2. The number of carbonyl (C=O) groups excluding carboxylic acids is 4. The first-order valence-corrected chi connectivity index (χ1v) is 11.0. The third-order valence-corrected chi connectivity index (χ3v) is 7.75. The number of nitrogens with one attached hydrogen (secondary N) is 1. The average molecular weight is 425 g/mol. The lowest BCUT2D eigenvalue weighted by atomic mass is 9.53. The second kappa shape index (κ2) is 6.97. The molecule has 0 aromatic heterocycles. The Morgan fingerprint density at radius 2 is 1.84 bits per heavy atom. The summed E-state index contributed by atoms with van der Waals surface area (Å²) in [6.45, 7) is 6.13. The first-order valence-electron chi connectivity index (χ1n) is 11.0. The third kappa shape index (κ3) is 2.96. The van der Waals surface area contributed by atoms with Crippen molar-refractivity contribution >= 4 is 23.6 Å². The lowest BCUT2D eigenvalue weighted by Gasteiger charge is -2.63. The number of carbonyl (C=O) groups is 4. The predicted molar refractivity (Wildman–Crippen MR) is 112 cm³/mol. The van der Waals surface area contributed by atoms with Crippen molar-refractivity contribution in [2.24, 2.45) is 17.1 Å². The molecule has 4 aliphatic rings. The molecule has 5 rings (SSSR count). The average Bonchev–Trinajstić information content (AvgIpc) is 2.98. The molecule has 1 aliphatic carbocycles. The Labute approximate surface area is 181 Å². The number of piperidine rings is 2. The molecular formula is C23H28N4O4. The number of hydrogen-bond acceptors (Lipinski definition) is 6. The third-order valence-electron chi connectivity index (χ3n) is 7.75. The summed E-state index contributed by atoms with van der Waals surface area (Å²) in [6.07, 6.45) is 2.54. The Morgan fingerprint density at radius 3 is 2.58 bits per heavy atom. The van der Waals surface area contributed by atoms with Crippen molar-refractivity contribution in [1.29, 1.82) is 0 Å². The highest BCUT2D eigenvalue weighted by molar-refractivity contribution is 6.23. The molecule has 2 saturated heterocycles. The Hall–Kier alpha value is -2.58. The van der Waals surface area contributed by atoms with Crippen molar-refractivity contribution in [3.05, 3.63) is 34.9 Å². The van der Waals surface area contributed by atoms with Crippen LogP contribution in [0.1, 0.15) is 65.8 Å². The van der Waals surface area contributed by atoms with Gasteiger partial charge in [0.25, 0.3) is 11.8 Å². The highest BCUT2D eigenvalue weighted by Crippen LogP contribution is 2.51. The second-order valence-corrected chi connectivity index (χ2v) is 9.90. The molecule has 3 N–H and O–H groups in total. The first-order chi connectivity index (χ1) is 14.7. The fourth-order valence-corrected chi connectivity index (χ4v) is 6.15. The number of benzene rings is 1. The van der Waals surface area contributed by atoms with Crippen LogP contribution in [0.2, 0.25) is 0 Å². The molecule has 8 nitrogen and oxygen atoms in total. The van der Waals surface area contributed by atoms with E-state index in [0.29, 0.717) is 29.6 Å². The van der Waals surface area contributed by atoms with Crippen LogP contribution in [0, 0.1) is 11.3 Å². The number of hydrogen-bond donors (Lipinski definition) is 2. The predicted octanol–water partition coefficient (Wildman–Crippen LogP) is 1.04. The Kier molecular flexibility index (Phi) is 4.57. The summed E-state index contributed by atoms with van der Waals surface area (Å²) < 4.78 is 0. The van der Waals surface area contributed by atoms with Gasteiger partial charge in [-0.2, -0.15) is 0 Å². The van der Waals surface area contributed by atoms with E-state index in [1.165, 1.54) is 0 Å². The van der Waals surface area contributed by atoms with Crippen LogP contribution in [0.25, 0.3) is 0 Å². The smallest absolute Gasteiger partial charge is 0.262 e. The number of rotatable bonds is 3. The van der Waals surface area contributed by atoms with Gasteiger partial charge in [0.05, 0.1) is 11.1 Å². The van der Waals surface area contributed by atoms with Crippen LogP contribution in [0.4, 0.5) is 0 Å². The maximum absolute atomic E-state index is 13.1. The number of likely N-dealkylation sites (tertiary alicyclic amines) is 1. The number of nitrogens with zero attached hydrogens (tertiary/aromatic N) is 2. The van der Waals surface area contributed by atoms with E-state index in [9.17, 15) is 19.2 Å². The maximum Gasteiger partial charge on any atom is 0.262 e. The minimum absolute atomic E-state index is 0.0518. The van der Waals surface area contributed by atoms with Crippen LogP contribution in [-0.2, 0) is 16.1 Å². The molecule has 1 saturated carbocycles. The Bertz CT molecular complexity index is 1000. The van der Waals surface area contributed by atoms with Crippen molar-refractivity contribution in [2.45, 2.75) is 64.2 Å². The lowest BCUT2D eigenvalue weighted by molar-refractivity contribution is -0.136. The molecule has 3 heterocycles. The van der Waals surface area contributed by atoms with E-state index in [4.69, 9.17) is 5.73 Å². The van der Waals surface area contributed by atoms with Gasteiger partial charge in [-0.1, -0.05) is 19.9 Å². The number of amides is 4. The van der Waals surface area contributed by atoms with Gasteiger partial charge in [-0.25, -0.2) is 0 Å². The molecule has 1 aromatic rings. The summed E-state index contributed by atoms with van der Waals surface area (Å²) in [5.74, 6) is -1.39. The highest BCUT2D eigenvalue weighted by atomic mass is 16.2. The van der Waals surface area contributed by atoms with Crippen LogP contribution < -0.4 is 11.1 Å². The standard InChI is InChI=1S/C23H28N4O4/c1-23(2)18(24)14-4-3-9-26(19(14)23)11-12-5-6-13-15(10-12)22(31)27(21(13)30)16-7-8-17(28)25-20(16)29/h5-6,10,14,16,18-19H,3-4,7-9,11,24H2,1-2H3,(H,25,28,29). The largest absolute Gasteiger partial charge is 0.327 e. The zero-order chi connectivity index (χ0) is 22.1.